The van der Waals surface area contributed by atoms with Crippen molar-refractivity contribution in [2.45, 2.75) is 50.9 Å². The number of nitrogens with one attached hydrogen (secondary N) is 1. The van der Waals surface area contributed by atoms with Gasteiger partial charge in [0.15, 0.2) is 0 Å². The van der Waals surface area contributed by atoms with Crippen molar-refractivity contribution >= 4 is 0 Å². The SMILES string of the molecule is CC(NC1CCCCC1C(F)(F)F)c1cncc(F)c1. The minimum absolute atomic E-state index is 0.162. The van der Waals surface area contributed by atoms with E-state index in [1.54, 1.807) is 6.92 Å². The Kier molecular flexibility index (Phi) is 4.62. The number of rotatable bonds is 3. The first-order chi connectivity index (χ1) is 9.38. The van der Waals surface area contributed by atoms with Gasteiger partial charge in [-0.3, -0.25) is 4.98 Å². The molecule has 3 atom stereocenters. The number of hydrogen-bond donors (Lipinski definition) is 1. The van der Waals surface area contributed by atoms with Crippen LogP contribution in [0.4, 0.5) is 17.6 Å². The average Bonchev–Trinajstić information content (AvgIpc) is 2.38. The van der Waals surface area contributed by atoms with Crippen LogP contribution in [-0.4, -0.2) is 17.2 Å². The van der Waals surface area contributed by atoms with Gasteiger partial charge in [0, 0.05) is 18.3 Å². The molecule has 0 aliphatic heterocycles. The van der Waals surface area contributed by atoms with Crippen LogP contribution >= 0.6 is 0 Å². The third-order valence-corrected chi connectivity index (χ3v) is 3.88. The maximum atomic E-state index is 13.1. The third kappa shape index (κ3) is 3.69. The molecule has 2 rings (SSSR count). The molecule has 1 N–H and O–H groups in total. The van der Waals surface area contributed by atoms with Gasteiger partial charge < -0.3 is 5.32 Å². The molecule has 0 amide bonds. The van der Waals surface area contributed by atoms with E-state index < -0.39 is 24.0 Å². The number of halogens is 4. The summed E-state index contributed by atoms with van der Waals surface area (Å²) >= 11 is 0. The lowest BCUT2D eigenvalue weighted by Crippen LogP contribution is -2.46. The van der Waals surface area contributed by atoms with Gasteiger partial charge in [-0.2, -0.15) is 13.2 Å². The molecular formula is C14H18F4N2. The Morgan fingerprint density at radius 3 is 2.60 bits per heavy atom. The Morgan fingerprint density at radius 2 is 1.95 bits per heavy atom. The maximum Gasteiger partial charge on any atom is 0.393 e. The van der Waals surface area contributed by atoms with Gasteiger partial charge in [0.25, 0.3) is 0 Å². The highest BCUT2D eigenvalue weighted by atomic mass is 19.4. The van der Waals surface area contributed by atoms with Crippen molar-refractivity contribution in [1.29, 1.82) is 0 Å². The first-order valence-corrected chi connectivity index (χ1v) is 6.81. The lowest BCUT2D eigenvalue weighted by molar-refractivity contribution is -0.189. The van der Waals surface area contributed by atoms with Gasteiger partial charge in [0.2, 0.25) is 0 Å². The van der Waals surface area contributed by atoms with E-state index in [1.165, 1.54) is 12.3 Å². The second-order valence-electron chi connectivity index (χ2n) is 5.36. The summed E-state index contributed by atoms with van der Waals surface area (Å²) in [5.41, 5.74) is 0.566. The zero-order chi connectivity index (χ0) is 14.8. The molecule has 6 heteroatoms. The predicted octanol–water partition coefficient (Wildman–Crippen LogP) is 3.99. The fourth-order valence-corrected chi connectivity index (χ4v) is 2.80. The summed E-state index contributed by atoms with van der Waals surface area (Å²) in [6.45, 7) is 1.73. The standard InChI is InChI=1S/C14H18F4N2/c1-9(10-6-11(15)8-19-7-10)20-13-5-3-2-4-12(13)14(16,17)18/h6-9,12-13,20H,2-5H2,1H3. The zero-order valence-electron chi connectivity index (χ0n) is 11.3. The van der Waals surface area contributed by atoms with Crippen LogP contribution in [0.2, 0.25) is 0 Å². The summed E-state index contributed by atoms with van der Waals surface area (Å²) in [5.74, 6) is -1.80. The molecule has 1 heterocycles. The summed E-state index contributed by atoms with van der Waals surface area (Å²) in [7, 11) is 0. The van der Waals surface area contributed by atoms with E-state index in [2.05, 4.69) is 10.3 Å². The molecule has 0 radical (unpaired) electrons. The van der Waals surface area contributed by atoms with Crippen LogP contribution in [0.15, 0.2) is 18.5 Å². The largest absolute Gasteiger partial charge is 0.393 e. The van der Waals surface area contributed by atoms with Crippen LogP contribution in [0, 0.1) is 11.7 Å². The molecule has 0 bridgehead atoms. The average molecular weight is 290 g/mol. The molecule has 2 nitrogen and oxygen atoms in total. The monoisotopic (exact) mass is 290 g/mol. The van der Waals surface area contributed by atoms with Crippen molar-refractivity contribution in [3.63, 3.8) is 0 Å². The number of alkyl halides is 3. The lowest BCUT2D eigenvalue weighted by Gasteiger charge is -2.35. The summed E-state index contributed by atoms with van der Waals surface area (Å²) in [4.78, 5) is 3.73. The van der Waals surface area contributed by atoms with E-state index >= 15 is 0 Å². The zero-order valence-corrected chi connectivity index (χ0v) is 11.3. The summed E-state index contributed by atoms with van der Waals surface area (Å²) < 4.78 is 52.1. The molecule has 3 unspecified atom stereocenters. The van der Waals surface area contributed by atoms with E-state index in [1.807, 2.05) is 0 Å². The molecule has 0 spiro atoms. The van der Waals surface area contributed by atoms with Crippen molar-refractivity contribution in [2.24, 2.45) is 5.92 Å². The smallest absolute Gasteiger partial charge is 0.307 e. The Morgan fingerprint density at radius 1 is 1.25 bits per heavy atom. The minimum Gasteiger partial charge on any atom is -0.307 e. The first-order valence-electron chi connectivity index (χ1n) is 6.81. The molecule has 112 valence electrons. The summed E-state index contributed by atoms with van der Waals surface area (Å²) in [5, 5.41) is 2.99. The summed E-state index contributed by atoms with van der Waals surface area (Å²) in [6.07, 6.45) is 0.433. The second-order valence-corrected chi connectivity index (χ2v) is 5.36. The number of pyridine rings is 1. The topological polar surface area (TPSA) is 24.9 Å². The molecule has 0 saturated heterocycles. The predicted molar refractivity (Wildman–Crippen MR) is 67.5 cm³/mol. The maximum absolute atomic E-state index is 13.1. The molecule has 20 heavy (non-hydrogen) atoms. The van der Waals surface area contributed by atoms with Crippen molar-refractivity contribution in [3.8, 4) is 0 Å². The molecule has 1 fully saturated rings. The molecule has 0 aromatic carbocycles. The minimum atomic E-state index is -4.18. The quantitative estimate of drug-likeness (QED) is 0.851. The van der Waals surface area contributed by atoms with Crippen LogP contribution < -0.4 is 5.32 Å². The molecule has 1 aromatic heterocycles. The van der Waals surface area contributed by atoms with Crippen molar-refractivity contribution in [1.82, 2.24) is 10.3 Å². The van der Waals surface area contributed by atoms with Gasteiger partial charge >= 0.3 is 6.18 Å². The molecule has 1 aliphatic carbocycles. The number of hydrogen-bond acceptors (Lipinski definition) is 2. The van der Waals surface area contributed by atoms with E-state index in [-0.39, 0.29) is 12.5 Å². The van der Waals surface area contributed by atoms with Gasteiger partial charge in [-0.1, -0.05) is 12.8 Å². The van der Waals surface area contributed by atoms with Crippen LogP contribution in [0.1, 0.15) is 44.2 Å². The number of nitrogens with zero attached hydrogens (tertiary/aromatic N) is 1. The van der Waals surface area contributed by atoms with E-state index in [0.717, 1.165) is 12.6 Å². The third-order valence-electron chi connectivity index (χ3n) is 3.88. The van der Waals surface area contributed by atoms with Crippen LogP contribution in [0.25, 0.3) is 0 Å². The van der Waals surface area contributed by atoms with Gasteiger partial charge in [-0.25, -0.2) is 4.39 Å². The Balaban J connectivity index is 2.07. The highest BCUT2D eigenvalue weighted by molar-refractivity contribution is 5.14. The van der Waals surface area contributed by atoms with E-state index in [0.29, 0.717) is 18.4 Å². The molecule has 1 saturated carbocycles. The highest BCUT2D eigenvalue weighted by Crippen LogP contribution is 2.38. The van der Waals surface area contributed by atoms with Crippen LogP contribution in [0.5, 0.6) is 0 Å². The lowest BCUT2D eigenvalue weighted by atomic mass is 9.83. The number of aromatic nitrogens is 1. The molecular weight excluding hydrogens is 272 g/mol. The van der Waals surface area contributed by atoms with Crippen molar-refractivity contribution in [2.75, 3.05) is 0 Å². The second kappa shape index (κ2) is 6.08. The van der Waals surface area contributed by atoms with Gasteiger partial charge in [-0.05, 0) is 31.4 Å². The first kappa shape index (κ1) is 15.2. The summed E-state index contributed by atoms with van der Waals surface area (Å²) in [6, 6.07) is 0.337. The Labute approximate surface area is 115 Å². The Hall–Kier alpha value is -1.17. The fraction of sp³-hybridized carbons (Fsp3) is 0.643. The fourth-order valence-electron chi connectivity index (χ4n) is 2.80. The van der Waals surface area contributed by atoms with Crippen LogP contribution in [-0.2, 0) is 0 Å². The normalized spacial score (nSPS) is 25.4. The van der Waals surface area contributed by atoms with Crippen molar-refractivity contribution in [3.05, 3.63) is 29.8 Å². The van der Waals surface area contributed by atoms with E-state index in [4.69, 9.17) is 0 Å². The highest BCUT2D eigenvalue weighted by Gasteiger charge is 2.45. The van der Waals surface area contributed by atoms with Crippen molar-refractivity contribution < 1.29 is 17.6 Å². The Bertz CT molecular complexity index is 447. The van der Waals surface area contributed by atoms with Gasteiger partial charge in [-0.15, -0.1) is 0 Å². The molecule has 1 aromatic rings. The van der Waals surface area contributed by atoms with Gasteiger partial charge in [0.1, 0.15) is 5.82 Å². The van der Waals surface area contributed by atoms with E-state index in [9.17, 15) is 17.6 Å². The van der Waals surface area contributed by atoms with Crippen LogP contribution in [0.3, 0.4) is 0 Å². The van der Waals surface area contributed by atoms with Gasteiger partial charge in [0.05, 0.1) is 12.1 Å². The molecule has 1 aliphatic rings.